The second-order valence-electron chi connectivity index (χ2n) is 5.19. The molecule has 0 aromatic carbocycles. The van der Waals surface area contributed by atoms with Crippen LogP contribution >= 0.6 is 11.3 Å². The molecule has 0 radical (unpaired) electrons. The maximum Gasteiger partial charge on any atom is 0.320 e. The number of urea groups is 1. The van der Waals surface area contributed by atoms with Crippen molar-refractivity contribution < 1.29 is 4.79 Å². The van der Waals surface area contributed by atoms with Gasteiger partial charge in [0.15, 0.2) is 0 Å². The Morgan fingerprint density at radius 3 is 3.06 bits per heavy atom. The number of hydrogen-bond acceptors (Lipinski definition) is 3. The van der Waals surface area contributed by atoms with Crippen LogP contribution in [0.2, 0.25) is 0 Å². The number of carbonyl (C=O) groups is 1. The van der Waals surface area contributed by atoms with Gasteiger partial charge in [-0.3, -0.25) is 0 Å². The molecule has 100 valence electrons. The summed E-state index contributed by atoms with van der Waals surface area (Å²) < 4.78 is 0. The lowest BCUT2D eigenvalue weighted by Gasteiger charge is -2.33. The average Bonchev–Trinajstić information content (AvgIpc) is 2.73. The Hall–Kier alpha value is -1.10. The molecular weight excluding hydrogens is 246 g/mol. The van der Waals surface area contributed by atoms with Gasteiger partial charge in [-0.05, 0) is 25.7 Å². The van der Waals surface area contributed by atoms with Crippen LogP contribution in [0.5, 0.6) is 0 Å². The quantitative estimate of drug-likeness (QED) is 0.826. The molecule has 0 spiro atoms. The molecule has 0 saturated carbocycles. The van der Waals surface area contributed by atoms with E-state index in [2.05, 4.69) is 11.9 Å². The van der Waals surface area contributed by atoms with Crippen molar-refractivity contribution in [2.75, 3.05) is 20.1 Å². The molecule has 1 atom stereocenters. The summed E-state index contributed by atoms with van der Waals surface area (Å²) in [5.41, 5.74) is 0.985. The van der Waals surface area contributed by atoms with Gasteiger partial charge in [-0.25, -0.2) is 9.78 Å². The van der Waals surface area contributed by atoms with Crippen LogP contribution in [0.15, 0.2) is 5.38 Å². The van der Waals surface area contributed by atoms with E-state index in [-0.39, 0.29) is 6.03 Å². The van der Waals surface area contributed by atoms with Gasteiger partial charge in [-0.1, -0.05) is 6.92 Å². The van der Waals surface area contributed by atoms with E-state index in [0.29, 0.717) is 12.5 Å². The van der Waals surface area contributed by atoms with Crippen LogP contribution in [-0.2, 0) is 6.54 Å². The predicted molar refractivity (Wildman–Crippen MR) is 73.7 cm³/mol. The number of thiazole rings is 1. The molecular formula is C13H21N3OS. The van der Waals surface area contributed by atoms with Gasteiger partial charge < -0.3 is 9.80 Å². The Balaban J connectivity index is 1.91. The zero-order valence-electron chi connectivity index (χ0n) is 11.3. The number of amides is 2. The topological polar surface area (TPSA) is 36.4 Å². The SMILES string of the molecule is Cc1nc(CN(C)C(=O)N2CCCC(C)C2)cs1. The lowest BCUT2D eigenvalue weighted by molar-refractivity contribution is 0.137. The highest BCUT2D eigenvalue weighted by atomic mass is 32.1. The summed E-state index contributed by atoms with van der Waals surface area (Å²) in [5.74, 6) is 0.623. The Morgan fingerprint density at radius 2 is 2.44 bits per heavy atom. The first kappa shape index (κ1) is 13.3. The smallest absolute Gasteiger partial charge is 0.320 e. The molecule has 2 heterocycles. The molecule has 1 unspecified atom stereocenters. The molecule has 2 rings (SSSR count). The maximum atomic E-state index is 12.3. The number of likely N-dealkylation sites (tertiary alicyclic amines) is 1. The molecule has 1 aromatic heterocycles. The average molecular weight is 267 g/mol. The summed E-state index contributed by atoms with van der Waals surface area (Å²) >= 11 is 1.63. The highest BCUT2D eigenvalue weighted by Gasteiger charge is 2.23. The van der Waals surface area contributed by atoms with Gasteiger partial charge in [-0.2, -0.15) is 0 Å². The highest BCUT2D eigenvalue weighted by Crippen LogP contribution is 2.17. The van der Waals surface area contributed by atoms with Crippen molar-refractivity contribution in [3.05, 3.63) is 16.1 Å². The number of aryl methyl sites for hydroxylation is 1. The first-order chi connectivity index (χ1) is 8.56. The number of hydrogen-bond donors (Lipinski definition) is 0. The minimum absolute atomic E-state index is 0.132. The molecule has 0 N–H and O–H groups in total. The van der Waals surface area contributed by atoms with Crippen LogP contribution in [-0.4, -0.2) is 41.0 Å². The van der Waals surface area contributed by atoms with Crippen LogP contribution in [0, 0.1) is 12.8 Å². The van der Waals surface area contributed by atoms with Crippen LogP contribution in [0.3, 0.4) is 0 Å². The third-order valence-electron chi connectivity index (χ3n) is 3.32. The van der Waals surface area contributed by atoms with E-state index in [1.807, 2.05) is 24.3 Å². The maximum absolute atomic E-state index is 12.3. The van der Waals surface area contributed by atoms with Crippen molar-refractivity contribution in [2.24, 2.45) is 5.92 Å². The molecule has 4 nitrogen and oxygen atoms in total. The van der Waals surface area contributed by atoms with E-state index in [4.69, 9.17) is 0 Å². The van der Waals surface area contributed by atoms with Crippen LogP contribution < -0.4 is 0 Å². The number of nitrogens with zero attached hydrogens (tertiary/aromatic N) is 3. The summed E-state index contributed by atoms with van der Waals surface area (Å²) in [6, 6.07) is 0.132. The lowest BCUT2D eigenvalue weighted by Crippen LogP contribution is -2.45. The van der Waals surface area contributed by atoms with Crippen molar-refractivity contribution in [2.45, 2.75) is 33.2 Å². The molecule has 18 heavy (non-hydrogen) atoms. The van der Waals surface area contributed by atoms with Gasteiger partial charge in [0.1, 0.15) is 0 Å². The minimum Gasteiger partial charge on any atom is -0.324 e. The largest absolute Gasteiger partial charge is 0.324 e. The third-order valence-corrected chi connectivity index (χ3v) is 4.14. The lowest BCUT2D eigenvalue weighted by atomic mass is 10.0. The van der Waals surface area contributed by atoms with Crippen molar-refractivity contribution >= 4 is 17.4 Å². The summed E-state index contributed by atoms with van der Waals surface area (Å²) in [6.07, 6.45) is 2.36. The Bertz CT molecular complexity index is 418. The first-order valence-electron chi connectivity index (χ1n) is 6.47. The predicted octanol–water partition coefficient (Wildman–Crippen LogP) is 2.74. The van der Waals surface area contributed by atoms with E-state index in [0.717, 1.165) is 30.2 Å². The second kappa shape index (κ2) is 5.69. The van der Waals surface area contributed by atoms with Crippen molar-refractivity contribution in [1.29, 1.82) is 0 Å². The summed E-state index contributed by atoms with van der Waals surface area (Å²) in [7, 11) is 1.86. The van der Waals surface area contributed by atoms with Gasteiger partial charge in [0.25, 0.3) is 0 Å². The molecule has 1 aliphatic rings. The molecule has 5 heteroatoms. The summed E-state index contributed by atoms with van der Waals surface area (Å²) in [5, 5.41) is 3.08. The molecule has 0 bridgehead atoms. The number of piperidine rings is 1. The first-order valence-corrected chi connectivity index (χ1v) is 7.35. The Labute approximate surface area is 113 Å². The number of aromatic nitrogens is 1. The van der Waals surface area contributed by atoms with Gasteiger partial charge in [0.2, 0.25) is 0 Å². The van der Waals surface area contributed by atoms with Crippen molar-refractivity contribution in [1.82, 2.24) is 14.8 Å². The van der Waals surface area contributed by atoms with E-state index in [1.165, 1.54) is 6.42 Å². The molecule has 2 amide bonds. The van der Waals surface area contributed by atoms with Crippen LogP contribution in [0.1, 0.15) is 30.5 Å². The van der Waals surface area contributed by atoms with Gasteiger partial charge in [0.05, 0.1) is 17.2 Å². The zero-order valence-corrected chi connectivity index (χ0v) is 12.2. The standard InChI is InChI=1S/C13H21N3OS/c1-10-5-4-6-16(7-10)13(17)15(3)8-12-9-18-11(2)14-12/h9-10H,4-8H2,1-3H3. The molecule has 1 fully saturated rings. The van der Waals surface area contributed by atoms with Crippen LogP contribution in [0.25, 0.3) is 0 Å². The fourth-order valence-electron chi connectivity index (χ4n) is 2.40. The number of carbonyl (C=O) groups excluding carboxylic acids is 1. The van der Waals surface area contributed by atoms with E-state index < -0.39 is 0 Å². The Kier molecular flexibility index (Phi) is 4.22. The number of rotatable bonds is 2. The van der Waals surface area contributed by atoms with Crippen molar-refractivity contribution in [3.8, 4) is 0 Å². The van der Waals surface area contributed by atoms with Gasteiger partial charge in [0, 0.05) is 25.5 Å². The van der Waals surface area contributed by atoms with E-state index in [1.54, 1.807) is 16.2 Å². The summed E-state index contributed by atoms with van der Waals surface area (Å²) in [4.78, 5) is 20.4. The van der Waals surface area contributed by atoms with Gasteiger partial charge in [-0.15, -0.1) is 11.3 Å². The monoisotopic (exact) mass is 267 g/mol. The van der Waals surface area contributed by atoms with Crippen LogP contribution in [0.4, 0.5) is 4.79 Å². The summed E-state index contributed by atoms with van der Waals surface area (Å²) in [6.45, 7) is 6.59. The minimum atomic E-state index is 0.132. The van der Waals surface area contributed by atoms with E-state index in [9.17, 15) is 4.79 Å². The normalized spacial score (nSPS) is 19.9. The highest BCUT2D eigenvalue weighted by molar-refractivity contribution is 7.09. The van der Waals surface area contributed by atoms with E-state index >= 15 is 0 Å². The fraction of sp³-hybridized carbons (Fsp3) is 0.692. The molecule has 0 aliphatic carbocycles. The third kappa shape index (κ3) is 3.22. The van der Waals surface area contributed by atoms with Gasteiger partial charge >= 0.3 is 6.03 Å². The fourth-order valence-corrected chi connectivity index (χ4v) is 3.00. The molecule has 1 aliphatic heterocycles. The zero-order chi connectivity index (χ0) is 13.1. The molecule has 1 saturated heterocycles. The second-order valence-corrected chi connectivity index (χ2v) is 6.25. The molecule has 1 aromatic rings. The Morgan fingerprint density at radius 1 is 1.67 bits per heavy atom. The van der Waals surface area contributed by atoms with Crippen molar-refractivity contribution in [3.63, 3.8) is 0 Å².